The molecule has 30 heavy (non-hydrogen) atoms. The van der Waals surface area contributed by atoms with E-state index < -0.39 is 0 Å². The average Bonchev–Trinajstić information content (AvgIpc) is 3.00. The third-order valence-electron chi connectivity index (χ3n) is 6.87. The van der Waals surface area contributed by atoms with Gasteiger partial charge in [0.1, 0.15) is 12.2 Å². The van der Waals surface area contributed by atoms with Gasteiger partial charge in [-0.2, -0.15) is 0 Å². The predicted molar refractivity (Wildman–Crippen MR) is 114 cm³/mol. The molecule has 2 aromatic carbocycles. The lowest BCUT2D eigenvalue weighted by atomic mass is 9.64. The van der Waals surface area contributed by atoms with E-state index in [0.29, 0.717) is 12.0 Å². The Morgan fingerprint density at radius 3 is 2.77 bits per heavy atom. The van der Waals surface area contributed by atoms with Crippen LogP contribution in [-0.4, -0.2) is 43.8 Å². The van der Waals surface area contributed by atoms with E-state index in [-0.39, 0.29) is 23.6 Å². The van der Waals surface area contributed by atoms with Crippen LogP contribution in [0, 0.1) is 0 Å². The van der Waals surface area contributed by atoms with Crippen LogP contribution >= 0.6 is 0 Å². The van der Waals surface area contributed by atoms with E-state index in [4.69, 9.17) is 14.2 Å². The maximum Gasteiger partial charge on any atom is 0.338 e. The molecule has 0 saturated heterocycles. The molecule has 5 heteroatoms. The molecule has 5 rings (SSSR count). The summed E-state index contributed by atoms with van der Waals surface area (Å²) in [6.07, 6.45) is 3.36. The molecule has 2 aromatic rings. The first-order valence-corrected chi connectivity index (χ1v) is 10.5. The Labute approximate surface area is 177 Å². The van der Waals surface area contributed by atoms with Gasteiger partial charge >= 0.3 is 5.97 Å². The fourth-order valence-electron chi connectivity index (χ4n) is 5.40. The molecule has 2 aliphatic heterocycles. The molecular formula is C25H27NO4. The lowest BCUT2D eigenvalue weighted by Crippen LogP contribution is -2.46. The quantitative estimate of drug-likeness (QED) is 0.568. The van der Waals surface area contributed by atoms with Crippen LogP contribution < -0.4 is 9.47 Å². The van der Waals surface area contributed by atoms with E-state index in [1.54, 1.807) is 19.2 Å². The number of hydrogen-bond acceptors (Lipinski definition) is 5. The fraction of sp³-hybridized carbons (Fsp3) is 0.400. The summed E-state index contributed by atoms with van der Waals surface area (Å²) in [7, 11) is 3.85. The van der Waals surface area contributed by atoms with Crippen LogP contribution in [0.15, 0.2) is 54.1 Å². The molecule has 0 radical (unpaired) electrons. The highest BCUT2D eigenvalue weighted by atomic mass is 16.6. The van der Waals surface area contributed by atoms with Gasteiger partial charge in [-0.25, -0.2) is 4.79 Å². The van der Waals surface area contributed by atoms with Gasteiger partial charge in [0.25, 0.3) is 0 Å². The molecule has 0 bridgehead atoms. The molecule has 0 fully saturated rings. The third kappa shape index (κ3) is 2.83. The predicted octanol–water partition coefficient (Wildman–Crippen LogP) is 4.11. The smallest absolute Gasteiger partial charge is 0.338 e. The highest BCUT2D eigenvalue weighted by Gasteiger charge is 2.55. The van der Waals surface area contributed by atoms with E-state index in [9.17, 15) is 4.79 Å². The van der Waals surface area contributed by atoms with Crippen LogP contribution in [0.3, 0.4) is 0 Å². The van der Waals surface area contributed by atoms with Crippen molar-refractivity contribution < 1.29 is 19.0 Å². The van der Waals surface area contributed by atoms with E-state index in [1.807, 2.05) is 24.3 Å². The zero-order valence-electron chi connectivity index (χ0n) is 17.7. The molecule has 1 spiro atoms. The lowest BCUT2D eigenvalue weighted by molar-refractivity contribution is 0.0201. The van der Waals surface area contributed by atoms with Crippen LogP contribution in [0.4, 0.5) is 0 Å². The van der Waals surface area contributed by atoms with Gasteiger partial charge in [0.2, 0.25) is 0 Å². The molecule has 0 amide bonds. The molecule has 5 nitrogen and oxygen atoms in total. The number of hydrogen-bond donors (Lipinski definition) is 0. The number of nitrogens with zero attached hydrogens (tertiary/aromatic N) is 1. The van der Waals surface area contributed by atoms with E-state index >= 15 is 0 Å². The maximum absolute atomic E-state index is 12.6. The largest absolute Gasteiger partial charge is 0.493 e. The monoisotopic (exact) mass is 405 g/mol. The van der Waals surface area contributed by atoms with Gasteiger partial charge < -0.3 is 19.1 Å². The maximum atomic E-state index is 12.6. The summed E-state index contributed by atoms with van der Waals surface area (Å²) in [6.45, 7) is 4.03. The first kappa shape index (κ1) is 19.2. The lowest BCUT2D eigenvalue weighted by Gasteiger charge is -2.40. The Morgan fingerprint density at radius 1 is 1.20 bits per heavy atom. The van der Waals surface area contributed by atoms with Crippen molar-refractivity contribution in [3.63, 3.8) is 0 Å². The number of carbonyl (C=O) groups excluding carboxylic acids is 1. The zero-order chi connectivity index (χ0) is 20.9. The molecule has 3 aliphatic rings. The minimum absolute atomic E-state index is 0.0763. The summed E-state index contributed by atoms with van der Waals surface area (Å²) in [4.78, 5) is 15.0. The first-order chi connectivity index (χ1) is 14.5. The summed E-state index contributed by atoms with van der Waals surface area (Å²) >= 11 is 0. The minimum Gasteiger partial charge on any atom is -0.493 e. The van der Waals surface area contributed by atoms with Crippen LogP contribution in [0.1, 0.15) is 41.3 Å². The molecule has 0 saturated carbocycles. The van der Waals surface area contributed by atoms with E-state index in [1.165, 1.54) is 16.7 Å². The second-order valence-corrected chi connectivity index (χ2v) is 8.59. The molecule has 0 N–H and O–H groups in total. The molecule has 2 heterocycles. The summed E-state index contributed by atoms with van der Waals surface area (Å²) < 4.78 is 18.1. The Morgan fingerprint density at radius 2 is 2.00 bits per heavy atom. The van der Waals surface area contributed by atoms with E-state index in [2.05, 4.69) is 31.0 Å². The zero-order valence-corrected chi connectivity index (χ0v) is 17.7. The molecule has 3 atom stereocenters. The molecule has 0 aromatic heterocycles. The number of esters is 1. The van der Waals surface area contributed by atoms with Crippen molar-refractivity contribution in [1.82, 2.24) is 4.90 Å². The van der Waals surface area contributed by atoms with Gasteiger partial charge in [-0.05, 0) is 56.8 Å². The number of methoxy groups -OCH3 is 1. The Balaban J connectivity index is 1.53. The highest BCUT2D eigenvalue weighted by molar-refractivity contribution is 5.89. The summed E-state index contributed by atoms with van der Waals surface area (Å²) in [5.74, 6) is 1.34. The fourth-order valence-corrected chi connectivity index (χ4v) is 5.40. The van der Waals surface area contributed by atoms with Gasteiger partial charge in [-0.1, -0.05) is 29.8 Å². The van der Waals surface area contributed by atoms with Gasteiger partial charge in [0, 0.05) is 18.5 Å². The number of rotatable bonds is 3. The average molecular weight is 405 g/mol. The van der Waals surface area contributed by atoms with Crippen LogP contribution in [0.25, 0.3) is 0 Å². The minimum atomic E-state index is -0.307. The highest BCUT2D eigenvalue weighted by Crippen LogP contribution is 2.58. The van der Waals surface area contributed by atoms with Crippen LogP contribution in [0.2, 0.25) is 0 Å². The van der Waals surface area contributed by atoms with Crippen molar-refractivity contribution in [2.75, 3.05) is 20.7 Å². The topological polar surface area (TPSA) is 48.0 Å². The Hall–Kier alpha value is -2.79. The number of benzene rings is 2. The summed E-state index contributed by atoms with van der Waals surface area (Å²) in [6, 6.07) is 13.3. The van der Waals surface area contributed by atoms with Gasteiger partial charge in [-0.15, -0.1) is 0 Å². The van der Waals surface area contributed by atoms with Crippen molar-refractivity contribution in [2.45, 2.75) is 43.9 Å². The van der Waals surface area contributed by atoms with Crippen LogP contribution in [0.5, 0.6) is 11.5 Å². The van der Waals surface area contributed by atoms with Gasteiger partial charge in [0.05, 0.1) is 18.1 Å². The van der Waals surface area contributed by atoms with Gasteiger partial charge in [0.15, 0.2) is 11.5 Å². The third-order valence-corrected chi connectivity index (χ3v) is 6.87. The van der Waals surface area contributed by atoms with Gasteiger partial charge in [-0.3, -0.25) is 0 Å². The second-order valence-electron chi connectivity index (χ2n) is 8.59. The molecule has 3 unspecified atom stereocenters. The van der Waals surface area contributed by atoms with E-state index in [0.717, 1.165) is 31.0 Å². The second kappa shape index (κ2) is 7.17. The van der Waals surface area contributed by atoms with Crippen molar-refractivity contribution in [3.05, 3.63) is 70.8 Å². The van der Waals surface area contributed by atoms with Crippen molar-refractivity contribution in [3.8, 4) is 11.5 Å². The summed E-state index contributed by atoms with van der Waals surface area (Å²) in [5, 5.41) is 0. The van der Waals surface area contributed by atoms with Crippen LogP contribution in [-0.2, 0) is 16.7 Å². The van der Waals surface area contributed by atoms with Crippen molar-refractivity contribution in [2.24, 2.45) is 0 Å². The summed E-state index contributed by atoms with van der Waals surface area (Å²) in [5.41, 5.74) is 4.14. The SMILES string of the molecule is COc1ccc2c3c1OC1CC(OC(=O)c4ccccc4)C=C(C)C31CCN(C)C2. The number of ether oxygens (including phenoxy) is 3. The molecule has 156 valence electrons. The van der Waals surface area contributed by atoms with Crippen molar-refractivity contribution >= 4 is 5.97 Å². The molecular weight excluding hydrogens is 378 g/mol. The Kier molecular flexibility index (Phi) is 4.58. The normalized spacial score (nSPS) is 27.2. The number of carbonyl (C=O) groups is 1. The Bertz CT molecular complexity index is 1020. The molecule has 1 aliphatic carbocycles. The standard InChI is InChI=1S/C25H27NO4/c1-16-13-19(29-24(27)17-7-5-4-6-8-17)14-21-25(16)11-12-26(2)15-18-9-10-20(28-3)23(30-21)22(18)25/h4-10,13,19,21H,11-12,14-15H2,1-3H3. The van der Waals surface area contributed by atoms with Crippen molar-refractivity contribution in [1.29, 1.82) is 0 Å². The first-order valence-electron chi connectivity index (χ1n) is 10.5.